The molecule has 3 atom stereocenters. The molecule has 482 valence electrons. The summed E-state index contributed by atoms with van der Waals surface area (Å²) in [7, 11) is 5.04. The largest absolute Gasteiger partial charge is 0.493 e. The number of nitrogens with one attached hydrogen (secondary N) is 3. The topological polar surface area (TPSA) is 296 Å². The zero-order chi connectivity index (χ0) is 63.9. The normalized spacial score (nSPS) is 16.0. The van der Waals surface area contributed by atoms with Crippen LogP contribution in [0.5, 0.6) is 34.5 Å². The second kappa shape index (κ2) is 30.2. The van der Waals surface area contributed by atoms with Gasteiger partial charge in [0.25, 0.3) is 0 Å². The second-order valence-electron chi connectivity index (χ2n) is 21.7. The van der Waals surface area contributed by atoms with E-state index in [1.54, 1.807) is 95.2 Å². The van der Waals surface area contributed by atoms with Crippen molar-refractivity contribution >= 4 is 62.7 Å². The van der Waals surface area contributed by atoms with Gasteiger partial charge in [-0.15, -0.1) is 0 Å². The molecule has 31 heteroatoms. The molecule has 11 heterocycles. The van der Waals surface area contributed by atoms with Gasteiger partial charge in [0.05, 0.1) is 26.8 Å². The molecule has 93 heavy (non-hydrogen) atoms. The summed E-state index contributed by atoms with van der Waals surface area (Å²) < 4.78 is 50.9. The Labute approximate surface area is 547 Å². The van der Waals surface area contributed by atoms with E-state index in [0.29, 0.717) is 91.8 Å². The van der Waals surface area contributed by atoms with Crippen molar-refractivity contribution in [2.75, 3.05) is 90.3 Å². The van der Waals surface area contributed by atoms with Gasteiger partial charge in [-0.2, -0.15) is 23.1 Å². The highest BCUT2D eigenvalue weighted by Gasteiger charge is 2.40. The van der Waals surface area contributed by atoms with Crippen LogP contribution in [0.1, 0.15) is 58.5 Å². The summed E-state index contributed by atoms with van der Waals surface area (Å²) in [4.78, 5) is 74.1. The first-order valence-corrected chi connectivity index (χ1v) is 32.4. The molecule has 10 aromatic rings. The van der Waals surface area contributed by atoms with Crippen molar-refractivity contribution in [3.8, 4) is 52.3 Å². The van der Waals surface area contributed by atoms with E-state index in [1.165, 1.54) is 34.6 Å². The zero-order valence-corrected chi connectivity index (χ0v) is 53.5. The van der Waals surface area contributed by atoms with Crippen LogP contribution in [0.15, 0.2) is 135 Å². The lowest BCUT2D eigenvalue weighted by Gasteiger charge is -2.23. The van der Waals surface area contributed by atoms with Crippen molar-refractivity contribution in [3.63, 3.8) is 0 Å². The van der Waals surface area contributed by atoms with Crippen LogP contribution in [-0.4, -0.2) is 171 Å². The number of rotatable bonds is 21. The minimum atomic E-state index is -0.357. The summed E-state index contributed by atoms with van der Waals surface area (Å²) in [6, 6.07) is 21.1. The molecule has 2 saturated heterocycles. The van der Waals surface area contributed by atoms with E-state index in [9.17, 15) is 14.4 Å². The van der Waals surface area contributed by atoms with Gasteiger partial charge in [-0.25, -0.2) is 24.7 Å². The van der Waals surface area contributed by atoms with Gasteiger partial charge in [-0.3, -0.25) is 28.3 Å². The van der Waals surface area contributed by atoms with Gasteiger partial charge in [0.1, 0.15) is 43.2 Å². The Bertz CT molecular complexity index is 4060. The van der Waals surface area contributed by atoms with Gasteiger partial charge < -0.3 is 59.1 Å². The number of imidazole rings is 3. The number of nitrogens with zero attached hydrogens (tertiary/aromatic N) is 16. The third-order valence-electron chi connectivity index (χ3n) is 15.6. The molecule has 28 nitrogen and oxygen atoms in total. The number of hydrogen-bond donors (Lipinski definition) is 3. The van der Waals surface area contributed by atoms with Gasteiger partial charge in [0.2, 0.25) is 46.7 Å². The van der Waals surface area contributed by atoms with E-state index in [0.717, 1.165) is 82.5 Å². The third-order valence-corrected chi connectivity index (χ3v) is 18.0. The standard InChI is InChI=1S/C25H27N7O3S.C19H20N6O3S.C18H20N6O3S/c1-34-21-6-5-17(12-22(21)35-2)7-9-28-23(33)20-13-19(18-4-3-8-26-14-18)15-32(20)25-29-24(30-36-25)31-11-10-27-16-31;26-19(21-6-5-13-3-4-15-16(10-13)28-12-27-15)25-8-1-2-14(25)17-22-18(23-29-17)24-9-7-20-11-24;1-23(18-21-17(22-28-18)24-7-6-19-12-24)11-16(25)20-5-4-13-2-3-14-15(10-13)27-9-8-26-14/h3-6,8,10-12,14,16,19-20H,7,9,13,15H2,1-2H3,(H,28,33);3-4,7,9-11,14H,1-2,5-6,8,12H2,(H,21,26);2-3,6-7,10,12H,4-5,8-9,11H2,1H3,(H,20,25). The number of carbonyl (C=O) groups excluding carboxylic acids is 3. The lowest BCUT2D eigenvalue weighted by atomic mass is 9.98. The Morgan fingerprint density at radius 2 is 1.26 bits per heavy atom. The number of methoxy groups -OCH3 is 2. The third kappa shape index (κ3) is 15.7. The fourth-order valence-corrected chi connectivity index (χ4v) is 13.0. The molecular weight excluding hydrogens is 1250 g/mol. The number of benzene rings is 3. The Hall–Kier alpha value is -10.3. The van der Waals surface area contributed by atoms with Gasteiger partial charge in [0.15, 0.2) is 34.5 Å². The molecular formula is C62H67N19O9S3. The van der Waals surface area contributed by atoms with Crippen LogP contribution in [-0.2, 0) is 28.9 Å². The number of pyridine rings is 1. The number of ether oxygens (including phenoxy) is 6. The van der Waals surface area contributed by atoms with Gasteiger partial charge in [-0.1, -0.05) is 24.3 Å². The summed E-state index contributed by atoms with van der Waals surface area (Å²) in [5, 5.41) is 11.3. The van der Waals surface area contributed by atoms with Gasteiger partial charge >= 0.3 is 6.03 Å². The highest BCUT2D eigenvalue weighted by molar-refractivity contribution is 7.10. The molecule has 0 bridgehead atoms. The lowest BCUT2D eigenvalue weighted by Crippen LogP contribution is -2.44. The van der Waals surface area contributed by atoms with E-state index >= 15 is 0 Å². The van der Waals surface area contributed by atoms with E-state index in [-0.39, 0.29) is 49.2 Å². The number of hydrogen-bond acceptors (Lipinski definition) is 24. The van der Waals surface area contributed by atoms with E-state index in [2.05, 4.69) is 69.9 Å². The molecule has 3 unspecified atom stereocenters. The monoisotopic (exact) mass is 1320 g/mol. The molecule has 2 fully saturated rings. The summed E-state index contributed by atoms with van der Waals surface area (Å²) in [6.07, 6.45) is 23.7. The molecule has 7 aromatic heterocycles. The maximum Gasteiger partial charge on any atom is 0.318 e. The van der Waals surface area contributed by atoms with Crippen LogP contribution in [0.25, 0.3) is 17.8 Å². The molecule has 4 aliphatic rings. The quantitative estimate of drug-likeness (QED) is 0.0675. The number of urea groups is 1. The minimum Gasteiger partial charge on any atom is -0.493 e. The first kappa shape index (κ1) is 62.9. The molecule has 3 N–H and O–H groups in total. The number of likely N-dealkylation sites (tertiary alicyclic amines) is 1. The van der Waals surface area contributed by atoms with Crippen LogP contribution in [0.2, 0.25) is 0 Å². The highest BCUT2D eigenvalue weighted by atomic mass is 32.1. The van der Waals surface area contributed by atoms with Crippen LogP contribution >= 0.6 is 34.6 Å². The number of anilines is 2. The highest BCUT2D eigenvalue weighted by Crippen LogP contribution is 2.38. The van der Waals surface area contributed by atoms with E-state index in [1.807, 2.05) is 78.8 Å². The summed E-state index contributed by atoms with van der Waals surface area (Å²) in [5.74, 6) is 6.18. The molecule has 0 saturated carbocycles. The Kier molecular flexibility index (Phi) is 20.5. The SMILES string of the molecule is CN(CC(=O)NCCc1ccc2c(c1)OCCO2)c1nc(-n2ccnc2)ns1.COc1ccc(CCNC(=O)C2CC(c3cccnc3)CN2c2nc(-n3ccnc3)ns2)cc1OC.O=C(NCCc1ccc2c(c1)OCO2)N1CCCC1c1nc(-n2ccnc2)ns1. The van der Waals surface area contributed by atoms with Crippen LogP contribution in [0.3, 0.4) is 0 Å². The molecule has 0 radical (unpaired) electrons. The van der Waals surface area contributed by atoms with Crippen LogP contribution < -0.4 is 54.2 Å². The molecule has 0 spiro atoms. The van der Waals surface area contributed by atoms with Crippen molar-refractivity contribution in [1.82, 2.24) is 82.6 Å². The minimum absolute atomic E-state index is 0.0266. The van der Waals surface area contributed by atoms with E-state index in [4.69, 9.17) is 33.4 Å². The zero-order valence-electron chi connectivity index (χ0n) is 51.1. The first-order valence-electron chi connectivity index (χ1n) is 30.0. The van der Waals surface area contributed by atoms with Crippen molar-refractivity contribution in [3.05, 3.63) is 163 Å². The van der Waals surface area contributed by atoms with Crippen LogP contribution in [0.4, 0.5) is 15.1 Å². The average Bonchev–Trinajstić information content (AvgIpc) is 1.72. The van der Waals surface area contributed by atoms with Crippen molar-refractivity contribution in [1.29, 1.82) is 0 Å². The van der Waals surface area contributed by atoms with E-state index < -0.39 is 0 Å². The Balaban J connectivity index is 0.000000136. The first-order chi connectivity index (χ1) is 45.6. The summed E-state index contributed by atoms with van der Waals surface area (Å²) >= 11 is 3.87. The van der Waals surface area contributed by atoms with Crippen molar-refractivity contribution < 1.29 is 42.8 Å². The van der Waals surface area contributed by atoms with Crippen LogP contribution in [0, 0.1) is 0 Å². The molecule has 4 amide bonds. The second-order valence-corrected chi connectivity index (χ2v) is 23.9. The Morgan fingerprint density at radius 3 is 1.95 bits per heavy atom. The van der Waals surface area contributed by atoms with Gasteiger partial charge in [-0.05, 0) is 115 Å². The maximum atomic E-state index is 13.4. The molecule has 4 aliphatic heterocycles. The fourth-order valence-electron chi connectivity index (χ4n) is 10.8. The lowest BCUT2D eigenvalue weighted by molar-refractivity contribution is -0.122. The summed E-state index contributed by atoms with van der Waals surface area (Å²) in [5.41, 5.74) is 4.36. The maximum absolute atomic E-state index is 13.4. The fraction of sp³-hybridized carbons (Fsp3) is 0.339. The van der Waals surface area contributed by atoms with Gasteiger partial charge in [0, 0.05) is 118 Å². The average molecular weight is 1320 g/mol. The van der Waals surface area contributed by atoms with Crippen molar-refractivity contribution in [2.24, 2.45) is 0 Å². The number of amides is 4. The number of fused-ring (bicyclic) bond motifs is 2. The predicted molar refractivity (Wildman–Crippen MR) is 346 cm³/mol. The number of carbonyl (C=O) groups is 3. The molecule has 3 aromatic carbocycles. The molecule has 0 aliphatic carbocycles. The predicted octanol–water partition coefficient (Wildman–Crippen LogP) is 6.69. The number of aromatic nitrogens is 13. The Morgan fingerprint density at radius 1 is 0.645 bits per heavy atom. The van der Waals surface area contributed by atoms with Crippen molar-refractivity contribution in [2.45, 2.75) is 56.5 Å². The molecule has 14 rings (SSSR count). The smallest absolute Gasteiger partial charge is 0.318 e. The summed E-state index contributed by atoms with van der Waals surface area (Å²) in [6.45, 7) is 4.60. The number of likely N-dealkylation sites (N-methyl/N-ethyl adjacent to an activating group) is 1.